The number of furan rings is 1. The molecule has 0 radical (unpaired) electrons. The van der Waals surface area contributed by atoms with Gasteiger partial charge in [0.2, 0.25) is 0 Å². The number of amides is 1. The third-order valence-electron chi connectivity index (χ3n) is 3.25. The number of ether oxygens (including phenoxy) is 1. The molecule has 0 saturated carbocycles. The molecule has 2 heterocycles. The molecular weight excluding hydrogens is 372 g/mol. The molecule has 0 unspecified atom stereocenters. The first-order valence-electron chi connectivity index (χ1n) is 7.36. The van der Waals surface area contributed by atoms with Gasteiger partial charge >= 0.3 is 0 Å². The molecule has 3 rings (SSSR count). The van der Waals surface area contributed by atoms with Gasteiger partial charge in [-0.25, -0.2) is 0 Å². The highest BCUT2D eigenvalue weighted by atomic mass is 79.9. The van der Waals surface area contributed by atoms with E-state index in [1.54, 1.807) is 18.3 Å². The molecule has 0 atom stereocenters. The second-order valence-electron chi connectivity index (χ2n) is 4.99. The highest BCUT2D eigenvalue weighted by molar-refractivity contribution is 9.10. The van der Waals surface area contributed by atoms with Crippen LogP contribution >= 0.6 is 15.9 Å². The predicted octanol–water partition coefficient (Wildman–Crippen LogP) is 3.95. The van der Waals surface area contributed by atoms with E-state index in [9.17, 15) is 4.79 Å². The Morgan fingerprint density at radius 1 is 1.12 bits per heavy atom. The summed E-state index contributed by atoms with van der Waals surface area (Å²) in [6, 6.07) is 16.5. The quantitative estimate of drug-likeness (QED) is 0.696. The lowest BCUT2D eigenvalue weighted by Crippen LogP contribution is -2.22. The van der Waals surface area contributed by atoms with E-state index in [0.717, 1.165) is 15.9 Å². The summed E-state index contributed by atoms with van der Waals surface area (Å²) >= 11 is 3.42. The van der Waals surface area contributed by atoms with Gasteiger partial charge in [-0.05, 0) is 52.3 Å². The van der Waals surface area contributed by atoms with Crippen LogP contribution in [0, 0.1) is 0 Å². The Morgan fingerprint density at radius 2 is 1.96 bits per heavy atom. The van der Waals surface area contributed by atoms with Crippen molar-refractivity contribution >= 4 is 21.8 Å². The van der Waals surface area contributed by atoms with Gasteiger partial charge < -0.3 is 14.5 Å². The number of hydrogen-bond donors (Lipinski definition) is 1. The van der Waals surface area contributed by atoms with Crippen molar-refractivity contribution in [1.29, 1.82) is 0 Å². The first kappa shape index (κ1) is 16.3. The molecular formula is C18H15BrN2O3. The maximum atomic E-state index is 12.1. The third-order valence-corrected chi connectivity index (χ3v) is 3.90. The largest absolute Gasteiger partial charge is 0.484 e. The van der Waals surface area contributed by atoms with Gasteiger partial charge in [-0.3, -0.25) is 9.78 Å². The molecule has 122 valence electrons. The smallest absolute Gasteiger partial charge is 0.287 e. The Labute approximate surface area is 147 Å². The lowest BCUT2D eigenvalue weighted by molar-refractivity contribution is 0.0918. The Morgan fingerprint density at radius 3 is 2.75 bits per heavy atom. The van der Waals surface area contributed by atoms with Crippen molar-refractivity contribution in [2.45, 2.75) is 13.2 Å². The van der Waals surface area contributed by atoms with Crippen molar-refractivity contribution in [1.82, 2.24) is 10.3 Å². The first-order valence-corrected chi connectivity index (χ1v) is 8.16. The van der Waals surface area contributed by atoms with E-state index >= 15 is 0 Å². The minimum absolute atomic E-state index is 0.246. The van der Waals surface area contributed by atoms with Gasteiger partial charge in [0.25, 0.3) is 5.91 Å². The Kier molecular flexibility index (Phi) is 5.28. The summed E-state index contributed by atoms with van der Waals surface area (Å²) in [5.74, 6) is 1.26. The van der Waals surface area contributed by atoms with E-state index < -0.39 is 0 Å². The van der Waals surface area contributed by atoms with Crippen LogP contribution in [0.3, 0.4) is 0 Å². The van der Waals surface area contributed by atoms with Crippen molar-refractivity contribution in [2.24, 2.45) is 0 Å². The van der Waals surface area contributed by atoms with Crippen molar-refractivity contribution < 1.29 is 13.9 Å². The number of pyridine rings is 1. The highest BCUT2D eigenvalue weighted by Crippen LogP contribution is 2.24. The van der Waals surface area contributed by atoms with Gasteiger partial charge in [0.15, 0.2) is 5.76 Å². The summed E-state index contributed by atoms with van der Waals surface area (Å²) in [6.07, 6.45) is 1.69. The van der Waals surface area contributed by atoms with E-state index in [4.69, 9.17) is 9.15 Å². The number of rotatable bonds is 6. The highest BCUT2D eigenvalue weighted by Gasteiger charge is 2.12. The molecule has 1 aromatic carbocycles. The van der Waals surface area contributed by atoms with Crippen molar-refractivity contribution in [3.8, 4) is 5.75 Å². The second-order valence-corrected chi connectivity index (χ2v) is 5.84. The predicted molar refractivity (Wildman–Crippen MR) is 92.6 cm³/mol. The monoisotopic (exact) mass is 386 g/mol. The molecule has 0 spiro atoms. The van der Waals surface area contributed by atoms with Gasteiger partial charge in [-0.2, -0.15) is 0 Å². The van der Waals surface area contributed by atoms with E-state index in [2.05, 4.69) is 26.2 Å². The van der Waals surface area contributed by atoms with Crippen LogP contribution in [0.5, 0.6) is 5.75 Å². The number of nitrogens with zero attached hydrogens (tertiary/aromatic N) is 1. The summed E-state index contributed by atoms with van der Waals surface area (Å²) in [4.78, 5) is 16.2. The zero-order chi connectivity index (χ0) is 16.8. The minimum Gasteiger partial charge on any atom is -0.484 e. The van der Waals surface area contributed by atoms with Gasteiger partial charge in [-0.1, -0.05) is 18.2 Å². The normalized spacial score (nSPS) is 10.4. The van der Waals surface area contributed by atoms with E-state index in [0.29, 0.717) is 12.3 Å². The number of hydrogen-bond acceptors (Lipinski definition) is 4. The fraction of sp³-hybridized carbons (Fsp3) is 0.111. The van der Waals surface area contributed by atoms with Crippen LogP contribution in [-0.2, 0) is 13.2 Å². The summed E-state index contributed by atoms with van der Waals surface area (Å²) < 4.78 is 12.1. The molecule has 3 aromatic rings. The Hall–Kier alpha value is -2.60. The summed E-state index contributed by atoms with van der Waals surface area (Å²) in [6.45, 7) is 0.597. The fourth-order valence-electron chi connectivity index (χ4n) is 2.05. The summed E-state index contributed by atoms with van der Waals surface area (Å²) in [7, 11) is 0. The molecule has 0 bridgehead atoms. The van der Waals surface area contributed by atoms with E-state index in [-0.39, 0.29) is 18.3 Å². The summed E-state index contributed by atoms with van der Waals surface area (Å²) in [5, 5.41) is 2.77. The molecule has 0 aliphatic heterocycles. The average molecular weight is 387 g/mol. The van der Waals surface area contributed by atoms with Crippen LogP contribution in [0.4, 0.5) is 0 Å². The first-order chi connectivity index (χ1) is 11.7. The van der Waals surface area contributed by atoms with Gasteiger partial charge in [0.05, 0.1) is 16.7 Å². The maximum Gasteiger partial charge on any atom is 0.287 e. The van der Waals surface area contributed by atoms with Gasteiger partial charge in [0.1, 0.15) is 18.1 Å². The van der Waals surface area contributed by atoms with E-state index in [1.807, 2.05) is 42.5 Å². The molecule has 5 nitrogen and oxygen atoms in total. The lowest BCUT2D eigenvalue weighted by Gasteiger charge is -2.06. The van der Waals surface area contributed by atoms with Crippen molar-refractivity contribution in [3.05, 3.63) is 82.5 Å². The standard InChI is InChI=1S/C18H15BrN2O3/c19-15-6-1-2-7-16(15)23-12-14-8-9-17(24-14)18(22)21-11-13-5-3-4-10-20-13/h1-10H,11-12H2,(H,21,22). The number of nitrogens with one attached hydrogen (secondary N) is 1. The van der Waals surface area contributed by atoms with Gasteiger partial charge in [-0.15, -0.1) is 0 Å². The molecule has 2 aromatic heterocycles. The number of para-hydroxylation sites is 1. The van der Waals surface area contributed by atoms with Crippen LogP contribution in [0.15, 0.2) is 69.7 Å². The van der Waals surface area contributed by atoms with Crippen molar-refractivity contribution in [2.75, 3.05) is 0 Å². The lowest BCUT2D eigenvalue weighted by atomic mass is 10.3. The molecule has 0 fully saturated rings. The number of aromatic nitrogens is 1. The van der Waals surface area contributed by atoms with Crippen LogP contribution in [0.1, 0.15) is 22.0 Å². The van der Waals surface area contributed by atoms with E-state index in [1.165, 1.54) is 0 Å². The topological polar surface area (TPSA) is 64.4 Å². The maximum absolute atomic E-state index is 12.1. The van der Waals surface area contributed by atoms with Crippen LogP contribution < -0.4 is 10.1 Å². The SMILES string of the molecule is O=C(NCc1ccccn1)c1ccc(COc2ccccc2Br)o1. The fourth-order valence-corrected chi connectivity index (χ4v) is 2.45. The van der Waals surface area contributed by atoms with Crippen molar-refractivity contribution in [3.63, 3.8) is 0 Å². The number of carbonyl (C=O) groups excluding carboxylic acids is 1. The minimum atomic E-state index is -0.284. The number of halogens is 1. The molecule has 6 heteroatoms. The number of benzene rings is 1. The van der Waals surface area contributed by atoms with Crippen LogP contribution in [-0.4, -0.2) is 10.9 Å². The average Bonchev–Trinajstić information content (AvgIpc) is 3.09. The number of carbonyl (C=O) groups is 1. The molecule has 0 saturated heterocycles. The summed E-state index contributed by atoms with van der Waals surface area (Å²) in [5.41, 5.74) is 0.787. The zero-order valence-electron chi connectivity index (χ0n) is 12.7. The molecule has 0 aliphatic carbocycles. The molecule has 24 heavy (non-hydrogen) atoms. The zero-order valence-corrected chi connectivity index (χ0v) is 14.3. The Balaban J connectivity index is 1.55. The van der Waals surface area contributed by atoms with Crippen LogP contribution in [0.25, 0.3) is 0 Å². The Bertz CT molecular complexity index is 818. The molecule has 1 amide bonds. The molecule has 1 N–H and O–H groups in total. The third kappa shape index (κ3) is 4.23. The van der Waals surface area contributed by atoms with Crippen LogP contribution in [0.2, 0.25) is 0 Å². The second kappa shape index (κ2) is 7.79. The van der Waals surface area contributed by atoms with Gasteiger partial charge in [0, 0.05) is 6.20 Å². The molecule has 0 aliphatic rings.